The number of amides is 2. The number of hydrogen-bond donors (Lipinski definition) is 2. The second kappa shape index (κ2) is 8.70. The molecule has 180 valence electrons. The Bertz CT molecular complexity index is 1380. The van der Waals surface area contributed by atoms with E-state index in [2.05, 4.69) is 20.7 Å². The van der Waals surface area contributed by atoms with Gasteiger partial charge in [-0.15, -0.1) is 0 Å². The summed E-state index contributed by atoms with van der Waals surface area (Å²) in [6, 6.07) is 6.05. The topological polar surface area (TPSA) is 123 Å². The van der Waals surface area contributed by atoms with Gasteiger partial charge in [-0.25, -0.2) is 17.9 Å². The minimum absolute atomic E-state index is 0.0150. The van der Waals surface area contributed by atoms with Crippen molar-refractivity contribution in [3.8, 4) is 0 Å². The number of rotatable bonds is 4. The molecule has 1 aliphatic rings. The van der Waals surface area contributed by atoms with E-state index in [1.165, 1.54) is 23.8 Å². The molecule has 3 aromatic heterocycles. The molecule has 4 heterocycles. The molecule has 13 heteroatoms. The van der Waals surface area contributed by atoms with E-state index in [-0.39, 0.29) is 28.7 Å². The summed E-state index contributed by atoms with van der Waals surface area (Å²) in [6.07, 6.45) is -2.18. The maximum Gasteiger partial charge on any atom is 0.433 e. The van der Waals surface area contributed by atoms with Crippen LogP contribution in [0.3, 0.4) is 0 Å². The van der Waals surface area contributed by atoms with Crippen molar-refractivity contribution in [1.82, 2.24) is 19.9 Å². The molecule has 9 nitrogen and oxygen atoms in total. The van der Waals surface area contributed by atoms with Crippen molar-refractivity contribution in [2.45, 2.75) is 24.9 Å². The minimum atomic E-state index is -4.72. The summed E-state index contributed by atoms with van der Waals surface area (Å²) in [7, 11) is -1.79. The van der Waals surface area contributed by atoms with Crippen LogP contribution < -0.4 is 10.6 Å². The van der Waals surface area contributed by atoms with Gasteiger partial charge < -0.3 is 10.6 Å². The Balaban J connectivity index is 1.70. The van der Waals surface area contributed by atoms with Gasteiger partial charge in [0.05, 0.1) is 34.0 Å². The number of nitrogens with zero attached hydrogens (tertiary/aromatic N) is 3. The number of hydrogen-bond acceptors (Lipinski definition) is 6. The zero-order valence-corrected chi connectivity index (χ0v) is 18.7. The van der Waals surface area contributed by atoms with E-state index in [1.54, 1.807) is 6.07 Å². The zero-order chi connectivity index (χ0) is 24.7. The van der Waals surface area contributed by atoms with Gasteiger partial charge in [0.2, 0.25) is 0 Å². The van der Waals surface area contributed by atoms with Gasteiger partial charge in [0.25, 0.3) is 11.8 Å². The highest BCUT2D eigenvalue weighted by Crippen LogP contribution is 2.30. The van der Waals surface area contributed by atoms with Crippen LogP contribution in [0.5, 0.6) is 0 Å². The van der Waals surface area contributed by atoms with Crippen LogP contribution in [0.2, 0.25) is 0 Å². The van der Waals surface area contributed by atoms with Gasteiger partial charge in [-0.3, -0.25) is 9.59 Å². The summed E-state index contributed by atoms with van der Waals surface area (Å²) in [5.41, 5.74) is -0.628. The number of nitrogens with one attached hydrogen (secondary N) is 2. The van der Waals surface area contributed by atoms with Crippen molar-refractivity contribution < 1.29 is 31.2 Å². The monoisotopic (exact) mass is 495 g/mol. The van der Waals surface area contributed by atoms with Crippen LogP contribution in [0.25, 0.3) is 5.52 Å². The second-order valence-electron chi connectivity index (χ2n) is 7.93. The van der Waals surface area contributed by atoms with Crippen LogP contribution in [0.15, 0.2) is 36.5 Å². The second-order valence-corrected chi connectivity index (χ2v) is 10.2. The average molecular weight is 495 g/mol. The van der Waals surface area contributed by atoms with Crippen LogP contribution in [0, 0.1) is 0 Å². The van der Waals surface area contributed by atoms with Gasteiger partial charge in [-0.2, -0.15) is 18.3 Å². The van der Waals surface area contributed by atoms with E-state index in [1.807, 2.05) is 0 Å². The van der Waals surface area contributed by atoms with Crippen molar-refractivity contribution in [3.05, 3.63) is 59.2 Å². The summed E-state index contributed by atoms with van der Waals surface area (Å²) in [5, 5.41) is 9.30. The summed E-state index contributed by atoms with van der Waals surface area (Å²) in [5.74, 6) is -1.68. The van der Waals surface area contributed by atoms with E-state index in [0.29, 0.717) is 24.1 Å². The predicted octanol–water partition coefficient (Wildman–Crippen LogP) is 2.65. The fraction of sp³-hybridized carbons (Fsp3) is 0.333. The highest BCUT2D eigenvalue weighted by molar-refractivity contribution is 7.91. The van der Waals surface area contributed by atoms with Gasteiger partial charge in [0.1, 0.15) is 11.4 Å². The number of aromatic nitrogens is 3. The molecule has 1 saturated heterocycles. The lowest BCUT2D eigenvalue weighted by Gasteiger charge is -2.19. The molecule has 0 bridgehead atoms. The summed E-state index contributed by atoms with van der Waals surface area (Å²) in [4.78, 5) is 28.4. The van der Waals surface area contributed by atoms with Gasteiger partial charge in [0, 0.05) is 19.2 Å². The predicted molar refractivity (Wildman–Crippen MR) is 116 cm³/mol. The van der Waals surface area contributed by atoms with Crippen LogP contribution in [0.4, 0.5) is 18.9 Å². The van der Waals surface area contributed by atoms with Gasteiger partial charge >= 0.3 is 6.18 Å². The molecule has 0 saturated carbocycles. The number of carbonyl (C=O) groups is 2. The Kier molecular flexibility index (Phi) is 6.06. The molecular formula is C21H20F3N5O4S. The number of alkyl halides is 3. The summed E-state index contributed by atoms with van der Waals surface area (Å²) >= 11 is 0. The molecule has 1 fully saturated rings. The Morgan fingerprint density at radius 2 is 1.94 bits per heavy atom. The number of halogens is 3. The molecular weight excluding hydrogens is 475 g/mol. The highest BCUT2D eigenvalue weighted by Gasteiger charge is 2.33. The Morgan fingerprint density at radius 3 is 2.62 bits per heavy atom. The molecule has 1 aliphatic heterocycles. The van der Waals surface area contributed by atoms with Gasteiger partial charge in [0.15, 0.2) is 9.84 Å². The van der Waals surface area contributed by atoms with Crippen molar-refractivity contribution >= 4 is 32.9 Å². The minimum Gasteiger partial charge on any atom is -0.355 e. The molecule has 0 aliphatic carbocycles. The first-order valence-corrected chi connectivity index (χ1v) is 12.1. The Labute approximate surface area is 192 Å². The van der Waals surface area contributed by atoms with Crippen molar-refractivity contribution in [2.75, 3.05) is 23.9 Å². The Morgan fingerprint density at radius 1 is 1.18 bits per heavy atom. The molecule has 0 radical (unpaired) electrons. The van der Waals surface area contributed by atoms with Crippen LogP contribution in [0.1, 0.15) is 51.0 Å². The lowest BCUT2D eigenvalue weighted by atomic mass is 10.0. The van der Waals surface area contributed by atoms with E-state index in [9.17, 15) is 31.2 Å². The Hall–Kier alpha value is -3.48. The number of anilines is 1. The van der Waals surface area contributed by atoms with E-state index in [4.69, 9.17) is 0 Å². The molecule has 1 unspecified atom stereocenters. The lowest BCUT2D eigenvalue weighted by Crippen LogP contribution is -2.24. The fourth-order valence-corrected chi connectivity index (χ4v) is 5.56. The van der Waals surface area contributed by atoms with Crippen molar-refractivity contribution in [3.63, 3.8) is 0 Å². The summed E-state index contributed by atoms with van der Waals surface area (Å²) < 4.78 is 64.3. The highest BCUT2D eigenvalue weighted by atomic mass is 32.2. The lowest BCUT2D eigenvalue weighted by molar-refractivity contribution is -0.141. The quantitative estimate of drug-likeness (QED) is 0.574. The van der Waals surface area contributed by atoms with Crippen LogP contribution >= 0.6 is 0 Å². The van der Waals surface area contributed by atoms with E-state index >= 15 is 0 Å². The van der Waals surface area contributed by atoms with Crippen molar-refractivity contribution in [2.24, 2.45) is 0 Å². The third kappa shape index (κ3) is 4.88. The third-order valence-corrected chi connectivity index (χ3v) is 7.31. The maximum atomic E-state index is 13.0. The zero-order valence-electron chi connectivity index (χ0n) is 17.9. The first-order chi connectivity index (χ1) is 16.0. The van der Waals surface area contributed by atoms with Crippen LogP contribution in [-0.4, -0.2) is 53.4 Å². The smallest absolute Gasteiger partial charge is 0.355 e. The van der Waals surface area contributed by atoms with Crippen LogP contribution in [-0.2, 0) is 16.0 Å². The molecule has 3 aromatic rings. The molecule has 2 amide bonds. The number of fused-ring (bicyclic) bond motifs is 1. The first-order valence-electron chi connectivity index (χ1n) is 10.3. The maximum absolute atomic E-state index is 13.0. The molecule has 1 atom stereocenters. The standard InChI is InChI=1S/C21H20F3N5O4S/c1-25-19(30)14-10-29-13(8-16(28-29)12-4-3-7-34(32,33)11-12)9-17(14)27-20(31)15-5-2-6-18(26-15)21(22,23)24/h2,5-6,8-10,12H,3-4,7,11H2,1H3,(H,25,30)(H,27,31). The third-order valence-electron chi connectivity index (χ3n) is 5.49. The molecule has 2 N–H and O–H groups in total. The first kappa shape index (κ1) is 23.7. The molecule has 0 spiro atoms. The van der Waals surface area contributed by atoms with Crippen molar-refractivity contribution in [1.29, 1.82) is 0 Å². The van der Waals surface area contributed by atoms with E-state index in [0.717, 1.165) is 18.2 Å². The number of pyridine rings is 2. The fourth-order valence-electron chi connectivity index (χ4n) is 3.84. The molecule has 34 heavy (non-hydrogen) atoms. The molecule has 4 rings (SSSR count). The van der Waals surface area contributed by atoms with Gasteiger partial charge in [-0.05, 0) is 37.1 Å². The SMILES string of the molecule is CNC(=O)c1cn2nc(C3CCCS(=O)(=O)C3)cc2cc1NC(=O)c1cccc(C(F)(F)F)n1. The number of sulfone groups is 1. The average Bonchev–Trinajstić information content (AvgIpc) is 3.20. The summed E-state index contributed by atoms with van der Waals surface area (Å²) in [6.45, 7) is 0. The van der Waals surface area contributed by atoms with Gasteiger partial charge in [-0.1, -0.05) is 6.07 Å². The van der Waals surface area contributed by atoms with E-state index < -0.39 is 39.2 Å². The largest absolute Gasteiger partial charge is 0.433 e. The number of carbonyl (C=O) groups excluding carboxylic acids is 2. The normalized spacial score (nSPS) is 17.9. The molecule has 0 aromatic carbocycles.